The van der Waals surface area contributed by atoms with Gasteiger partial charge in [0.1, 0.15) is 0 Å². The van der Waals surface area contributed by atoms with Gasteiger partial charge in [-0.15, -0.1) is 0 Å². The molecule has 0 aliphatic rings. The lowest BCUT2D eigenvalue weighted by Crippen LogP contribution is -2.25. The van der Waals surface area contributed by atoms with Crippen LogP contribution in [0, 0.1) is 12.1 Å². The van der Waals surface area contributed by atoms with Crippen molar-refractivity contribution in [3.63, 3.8) is 0 Å². The van der Waals surface area contributed by atoms with Gasteiger partial charge < -0.3 is 0 Å². The maximum atomic E-state index is 3.13. The van der Waals surface area contributed by atoms with Gasteiger partial charge in [0, 0.05) is 5.41 Å². The van der Waals surface area contributed by atoms with Crippen LogP contribution in [0.3, 0.4) is 0 Å². The molecule has 0 aromatic heterocycles. The Morgan fingerprint density at radius 2 is 1.12 bits per heavy atom. The van der Waals surface area contributed by atoms with Crippen molar-refractivity contribution < 1.29 is 0 Å². The van der Waals surface area contributed by atoms with Crippen LogP contribution in [0.5, 0.6) is 0 Å². The summed E-state index contributed by atoms with van der Waals surface area (Å²) in [6.07, 6.45) is 0. The van der Waals surface area contributed by atoms with Crippen molar-refractivity contribution in [2.45, 2.75) is 12.3 Å². The molecule has 0 aliphatic heterocycles. The van der Waals surface area contributed by atoms with Crippen molar-refractivity contribution >= 4 is 10.8 Å². The van der Waals surface area contributed by atoms with E-state index in [9.17, 15) is 0 Å². The van der Waals surface area contributed by atoms with E-state index < -0.39 is 0 Å². The Balaban J connectivity index is 1.98. The molecule has 0 heteroatoms. The Labute approximate surface area is 143 Å². The zero-order valence-electron chi connectivity index (χ0n) is 13.7. The fraction of sp³-hybridized carbons (Fsp3) is 0.0833. The van der Waals surface area contributed by atoms with Gasteiger partial charge in [-0.3, -0.25) is 0 Å². The van der Waals surface area contributed by atoms with E-state index in [1.807, 2.05) is 24.3 Å². The van der Waals surface area contributed by atoms with E-state index >= 15 is 0 Å². The summed E-state index contributed by atoms with van der Waals surface area (Å²) in [5.41, 5.74) is 3.61. The molecule has 2 radical (unpaired) electrons. The van der Waals surface area contributed by atoms with E-state index in [1.165, 1.54) is 27.5 Å². The van der Waals surface area contributed by atoms with E-state index in [0.717, 1.165) is 0 Å². The van der Waals surface area contributed by atoms with Crippen molar-refractivity contribution in [3.8, 4) is 0 Å². The van der Waals surface area contributed by atoms with Gasteiger partial charge in [0.2, 0.25) is 0 Å². The zero-order valence-corrected chi connectivity index (χ0v) is 13.7. The Kier molecular flexibility index (Phi) is 3.66. The largest absolute Gasteiger partial charge is 0.0616 e. The molecular weight excluding hydrogens is 288 g/mol. The van der Waals surface area contributed by atoms with Crippen LogP contribution in [-0.4, -0.2) is 0 Å². The van der Waals surface area contributed by atoms with Crippen LogP contribution >= 0.6 is 0 Å². The summed E-state index contributed by atoms with van der Waals surface area (Å²) in [6, 6.07) is 38.1. The van der Waals surface area contributed by atoms with Gasteiger partial charge in [0.05, 0.1) is 0 Å². The number of hydrogen-bond donors (Lipinski definition) is 0. The van der Waals surface area contributed by atoms with Crippen LogP contribution < -0.4 is 0 Å². The molecule has 0 nitrogen and oxygen atoms in total. The third-order valence-corrected chi connectivity index (χ3v) is 4.92. The predicted octanol–water partition coefficient (Wildman–Crippen LogP) is 5.79. The Hall–Kier alpha value is -2.86. The number of benzene rings is 4. The molecule has 4 rings (SSSR count). The van der Waals surface area contributed by atoms with Gasteiger partial charge in [-0.1, -0.05) is 84.9 Å². The quantitative estimate of drug-likeness (QED) is 0.420. The minimum absolute atomic E-state index is 0.214. The van der Waals surface area contributed by atoms with Crippen LogP contribution in [0.4, 0.5) is 0 Å². The molecule has 0 aliphatic carbocycles. The van der Waals surface area contributed by atoms with Gasteiger partial charge >= 0.3 is 0 Å². The van der Waals surface area contributed by atoms with E-state index in [2.05, 4.69) is 85.8 Å². The maximum Gasteiger partial charge on any atom is 0.0423 e. The molecule has 114 valence electrons. The van der Waals surface area contributed by atoms with Gasteiger partial charge in [-0.2, -0.15) is 0 Å². The minimum Gasteiger partial charge on any atom is -0.0616 e. The number of rotatable bonds is 3. The highest BCUT2D eigenvalue weighted by Crippen LogP contribution is 2.39. The first-order valence-corrected chi connectivity index (χ1v) is 8.21. The molecule has 0 saturated heterocycles. The van der Waals surface area contributed by atoms with Gasteiger partial charge in [-0.05, 0) is 52.6 Å². The van der Waals surface area contributed by atoms with Crippen LogP contribution in [0.15, 0.2) is 91.0 Å². The summed E-state index contributed by atoms with van der Waals surface area (Å²) >= 11 is 0. The highest BCUT2D eigenvalue weighted by molar-refractivity contribution is 5.83. The van der Waals surface area contributed by atoms with Crippen molar-refractivity contribution in [2.75, 3.05) is 0 Å². The predicted molar refractivity (Wildman–Crippen MR) is 100 cm³/mol. The molecule has 0 unspecified atom stereocenters. The third kappa shape index (κ3) is 2.41. The molecule has 4 aromatic carbocycles. The molecule has 0 heterocycles. The van der Waals surface area contributed by atoms with Gasteiger partial charge in [0.25, 0.3) is 0 Å². The third-order valence-electron chi connectivity index (χ3n) is 4.92. The van der Waals surface area contributed by atoms with Gasteiger partial charge in [-0.25, -0.2) is 0 Å². The monoisotopic (exact) mass is 306 g/mol. The maximum absolute atomic E-state index is 3.13. The lowest BCUT2D eigenvalue weighted by atomic mass is 9.71. The highest BCUT2D eigenvalue weighted by atomic mass is 14.3. The lowest BCUT2D eigenvalue weighted by Gasteiger charge is -2.32. The molecule has 0 fully saturated rings. The van der Waals surface area contributed by atoms with E-state index in [4.69, 9.17) is 0 Å². The van der Waals surface area contributed by atoms with E-state index in [1.54, 1.807) is 0 Å². The first kappa shape index (κ1) is 14.7. The zero-order chi connectivity index (χ0) is 16.4. The summed E-state index contributed by atoms with van der Waals surface area (Å²) < 4.78 is 0. The van der Waals surface area contributed by atoms with Crippen molar-refractivity contribution in [3.05, 3.63) is 120 Å². The number of hydrogen-bond acceptors (Lipinski definition) is 0. The standard InChI is InChI=1S/C24H18/c1-24(21-12-4-2-5-13-21,22-14-6-3-7-15-22)23-17-16-19-10-8-9-11-20(19)18-23/h4-18H,1H3. The van der Waals surface area contributed by atoms with Crippen LogP contribution in [0.25, 0.3) is 10.8 Å². The second-order valence-corrected chi connectivity index (χ2v) is 6.26. The smallest absolute Gasteiger partial charge is 0.0423 e. The first-order valence-electron chi connectivity index (χ1n) is 8.21. The fourth-order valence-corrected chi connectivity index (χ4v) is 3.44. The minimum atomic E-state index is -0.214. The van der Waals surface area contributed by atoms with E-state index in [-0.39, 0.29) is 5.41 Å². The van der Waals surface area contributed by atoms with Gasteiger partial charge in [0.15, 0.2) is 0 Å². The summed E-state index contributed by atoms with van der Waals surface area (Å²) in [5.74, 6) is 0. The Morgan fingerprint density at radius 1 is 0.583 bits per heavy atom. The summed E-state index contributed by atoms with van der Waals surface area (Å²) in [5, 5.41) is 2.54. The Bertz CT molecular complexity index is 913. The normalized spacial score (nSPS) is 11.5. The summed E-state index contributed by atoms with van der Waals surface area (Å²) in [7, 11) is 0. The Morgan fingerprint density at radius 3 is 1.71 bits per heavy atom. The molecule has 0 bridgehead atoms. The molecule has 0 spiro atoms. The average molecular weight is 306 g/mol. The van der Waals surface area contributed by atoms with Crippen LogP contribution in [0.2, 0.25) is 0 Å². The first-order chi connectivity index (χ1) is 11.8. The van der Waals surface area contributed by atoms with Crippen molar-refractivity contribution in [2.24, 2.45) is 0 Å². The van der Waals surface area contributed by atoms with Crippen LogP contribution in [0.1, 0.15) is 23.6 Å². The molecule has 0 amide bonds. The molecule has 0 saturated carbocycles. The van der Waals surface area contributed by atoms with Crippen molar-refractivity contribution in [1.29, 1.82) is 0 Å². The topological polar surface area (TPSA) is 0 Å². The second-order valence-electron chi connectivity index (χ2n) is 6.26. The molecule has 0 N–H and O–H groups in total. The molecule has 4 aromatic rings. The second kappa shape index (κ2) is 5.98. The lowest BCUT2D eigenvalue weighted by molar-refractivity contribution is 0.693. The van der Waals surface area contributed by atoms with E-state index in [0.29, 0.717) is 0 Å². The molecule has 24 heavy (non-hydrogen) atoms. The average Bonchev–Trinajstić information content (AvgIpc) is 2.68. The summed E-state index contributed by atoms with van der Waals surface area (Å²) in [4.78, 5) is 0. The SMILES string of the molecule is CC(c1cc[c]cc1)(c1cc[c]cc1)c1ccc2ccccc2c1. The molecular formula is C24H18. The number of fused-ring (bicyclic) bond motifs is 1. The molecule has 0 atom stereocenters. The van der Waals surface area contributed by atoms with Crippen LogP contribution in [-0.2, 0) is 5.41 Å². The van der Waals surface area contributed by atoms with Crippen molar-refractivity contribution in [1.82, 2.24) is 0 Å². The summed E-state index contributed by atoms with van der Waals surface area (Å²) in [6.45, 7) is 2.29. The highest BCUT2D eigenvalue weighted by Gasteiger charge is 2.30. The fourth-order valence-electron chi connectivity index (χ4n) is 3.44.